The van der Waals surface area contributed by atoms with Gasteiger partial charge in [0.15, 0.2) is 0 Å². The number of hydroxylamine groups is 2. The van der Waals surface area contributed by atoms with Gasteiger partial charge in [-0.1, -0.05) is 19.6 Å². The average molecular weight is 427 g/mol. The molecule has 8 nitrogen and oxygen atoms in total. The Kier molecular flexibility index (Phi) is 14.0. The quantitative estimate of drug-likeness (QED) is 0.168. The summed E-state index contributed by atoms with van der Waals surface area (Å²) in [5.74, 6) is 0.409. The lowest BCUT2D eigenvalue weighted by atomic mass is 9.81. The van der Waals surface area contributed by atoms with E-state index in [0.29, 0.717) is 42.8 Å². The van der Waals surface area contributed by atoms with Crippen LogP contribution in [0.1, 0.15) is 52.4 Å². The third-order valence-electron chi connectivity index (χ3n) is 4.83. The maximum atomic E-state index is 11.2. The van der Waals surface area contributed by atoms with Gasteiger partial charge in [0.1, 0.15) is 13.2 Å². The summed E-state index contributed by atoms with van der Waals surface area (Å²) in [6.07, 6.45) is 6.29. The van der Waals surface area contributed by atoms with Gasteiger partial charge in [-0.3, -0.25) is 4.84 Å². The van der Waals surface area contributed by atoms with Gasteiger partial charge in [-0.2, -0.15) is 0 Å². The first kappa shape index (κ1) is 26.3. The Bertz CT molecular complexity index is 552. The second-order valence-electron chi connectivity index (χ2n) is 7.83. The number of hydrogen-bond acceptors (Lipinski definition) is 8. The highest BCUT2D eigenvalue weighted by Gasteiger charge is 2.21. The number of carbonyl (C=O) groups is 2. The van der Waals surface area contributed by atoms with Crippen LogP contribution in [0.5, 0.6) is 0 Å². The van der Waals surface area contributed by atoms with E-state index in [1.807, 2.05) is 0 Å². The molecule has 0 aliphatic heterocycles. The molecule has 0 amide bonds. The summed E-state index contributed by atoms with van der Waals surface area (Å²) in [7, 11) is 0. The van der Waals surface area contributed by atoms with Crippen LogP contribution in [0.25, 0.3) is 0 Å². The van der Waals surface area contributed by atoms with Crippen LogP contribution in [0.15, 0.2) is 24.3 Å². The number of carbonyl (C=O) groups excluding carboxylic acids is 2. The van der Waals surface area contributed by atoms with Gasteiger partial charge in [0.05, 0.1) is 13.2 Å². The van der Waals surface area contributed by atoms with E-state index in [2.05, 4.69) is 24.1 Å². The van der Waals surface area contributed by atoms with Gasteiger partial charge in [0.2, 0.25) is 0 Å². The van der Waals surface area contributed by atoms with Crippen molar-refractivity contribution in [1.29, 1.82) is 0 Å². The molecule has 0 aromatic carbocycles. The molecule has 0 heterocycles. The molecule has 2 atom stereocenters. The summed E-state index contributed by atoms with van der Waals surface area (Å²) < 4.78 is 10.0. The number of ether oxygens (including phenoxy) is 2. The summed E-state index contributed by atoms with van der Waals surface area (Å²) >= 11 is 0. The van der Waals surface area contributed by atoms with Crippen molar-refractivity contribution in [2.45, 2.75) is 52.4 Å². The fourth-order valence-electron chi connectivity index (χ4n) is 3.13. The molecule has 1 fully saturated rings. The van der Waals surface area contributed by atoms with Crippen molar-refractivity contribution in [1.82, 2.24) is 11.0 Å². The summed E-state index contributed by atoms with van der Waals surface area (Å²) in [5, 5.41) is 0. The van der Waals surface area contributed by atoms with E-state index in [0.717, 1.165) is 32.4 Å². The smallest absolute Gasteiger partial charge is 0.333 e. The van der Waals surface area contributed by atoms with Crippen LogP contribution in [0.3, 0.4) is 0 Å². The SMILES string of the molecule is C=C(C)C(=O)OCCCCONCC1CCCC(CNOCCOC(=O)C(=C)C)C1. The van der Waals surface area contributed by atoms with Crippen molar-refractivity contribution in [3.63, 3.8) is 0 Å². The highest BCUT2D eigenvalue weighted by atomic mass is 16.7. The third kappa shape index (κ3) is 12.7. The predicted octanol–water partition coefficient (Wildman–Crippen LogP) is 2.85. The number of esters is 2. The molecule has 8 heteroatoms. The zero-order valence-corrected chi connectivity index (χ0v) is 18.5. The first-order valence-corrected chi connectivity index (χ1v) is 10.7. The number of hydrogen-bond donors (Lipinski definition) is 2. The van der Waals surface area contributed by atoms with Crippen LogP contribution in [0, 0.1) is 11.8 Å². The molecule has 0 saturated heterocycles. The van der Waals surface area contributed by atoms with Crippen molar-refractivity contribution in [3.8, 4) is 0 Å². The van der Waals surface area contributed by atoms with Crippen LogP contribution in [-0.4, -0.2) is 51.5 Å². The number of rotatable bonds is 16. The molecule has 0 radical (unpaired) electrons. The standard InChI is InChI=1S/C22H38N2O6/c1-17(2)21(25)27-10-5-6-11-29-23-15-19-8-7-9-20(14-19)16-24-30-13-12-28-22(26)18(3)4/h19-20,23-24H,1,3,5-16H2,2,4H3. The van der Waals surface area contributed by atoms with Crippen molar-refractivity contribution < 1.29 is 28.7 Å². The Morgan fingerprint density at radius 2 is 1.30 bits per heavy atom. The van der Waals surface area contributed by atoms with Crippen LogP contribution in [0.4, 0.5) is 0 Å². The first-order valence-electron chi connectivity index (χ1n) is 10.7. The van der Waals surface area contributed by atoms with Gasteiger partial charge in [0, 0.05) is 24.2 Å². The van der Waals surface area contributed by atoms with Gasteiger partial charge >= 0.3 is 11.9 Å². The van der Waals surface area contributed by atoms with Crippen LogP contribution in [0.2, 0.25) is 0 Å². The Morgan fingerprint density at radius 1 is 0.800 bits per heavy atom. The van der Waals surface area contributed by atoms with Gasteiger partial charge in [-0.15, -0.1) is 0 Å². The van der Waals surface area contributed by atoms with E-state index in [1.54, 1.807) is 13.8 Å². The normalized spacial score (nSPS) is 18.6. The lowest BCUT2D eigenvalue weighted by Crippen LogP contribution is -2.32. The molecular weight excluding hydrogens is 388 g/mol. The van der Waals surface area contributed by atoms with Gasteiger partial charge in [-0.25, -0.2) is 20.5 Å². The summed E-state index contributed by atoms with van der Waals surface area (Å²) in [4.78, 5) is 33.3. The predicted molar refractivity (Wildman–Crippen MR) is 114 cm³/mol. The molecule has 0 spiro atoms. The van der Waals surface area contributed by atoms with Crippen molar-refractivity contribution in [3.05, 3.63) is 24.3 Å². The van der Waals surface area contributed by atoms with Crippen LogP contribution >= 0.6 is 0 Å². The molecule has 0 bridgehead atoms. The van der Waals surface area contributed by atoms with E-state index in [1.165, 1.54) is 19.3 Å². The largest absolute Gasteiger partial charge is 0.462 e. The Balaban J connectivity index is 1.97. The van der Waals surface area contributed by atoms with Crippen molar-refractivity contribution in [2.24, 2.45) is 11.8 Å². The monoisotopic (exact) mass is 426 g/mol. The third-order valence-corrected chi connectivity index (χ3v) is 4.83. The topological polar surface area (TPSA) is 95.1 Å². The molecule has 1 saturated carbocycles. The van der Waals surface area contributed by atoms with Gasteiger partial charge in [-0.05, 0) is 57.8 Å². The molecule has 30 heavy (non-hydrogen) atoms. The van der Waals surface area contributed by atoms with Crippen LogP contribution < -0.4 is 11.0 Å². The lowest BCUT2D eigenvalue weighted by molar-refractivity contribution is -0.141. The molecule has 0 aromatic heterocycles. The summed E-state index contributed by atoms with van der Waals surface area (Å²) in [5.41, 5.74) is 6.86. The number of unbranched alkanes of at least 4 members (excludes halogenated alkanes) is 1. The molecule has 1 rings (SSSR count). The van der Waals surface area contributed by atoms with Gasteiger partial charge in [0.25, 0.3) is 0 Å². The van der Waals surface area contributed by atoms with Crippen LogP contribution in [-0.2, 0) is 28.7 Å². The van der Waals surface area contributed by atoms with E-state index in [9.17, 15) is 9.59 Å². The van der Waals surface area contributed by atoms with E-state index >= 15 is 0 Å². The first-order chi connectivity index (χ1) is 14.4. The second kappa shape index (κ2) is 16.0. The molecule has 2 unspecified atom stereocenters. The fraction of sp³-hybridized carbons (Fsp3) is 0.727. The highest BCUT2D eigenvalue weighted by molar-refractivity contribution is 5.87. The highest BCUT2D eigenvalue weighted by Crippen LogP contribution is 2.28. The lowest BCUT2D eigenvalue weighted by Gasteiger charge is -2.29. The molecule has 2 N–H and O–H groups in total. The summed E-state index contributed by atoms with van der Waals surface area (Å²) in [6, 6.07) is 0. The maximum absolute atomic E-state index is 11.2. The molecule has 1 aliphatic rings. The molecule has 1 aliphatic carbocycles. The molecule has 172 valence electrons. The minimum absolute atomic E-state index is 0.212. The van der Waals surface area contributed by atoms with E-state index < -0.39 is 5.97 Å². The molecule has 0 aromatic rings. The average Bonchev–Trinajstić information content (AvgIpc) is 2.72. The minimum atomic E-state index is -0.394. The minimum Gasteiger partial charge on any atom is -0.462 e. The fourth-order valence-corrected chi connectivity index (χ4v) is 3.13. The number of nitrogens with one attached hydrogen (secondary N) is 2. The summed E-state index contributed by atoms with van der Waals surface area (Å²) in [6.45, 7) is 13.5. The van der Waals surface area contributed by atoms with Gasteiger partial charge < -0.3 is 14.3 Å². The zero-order valence-electron chi connectivity index (χ0n) is 18.5. The Morgan fingerprint density at radius 3 is 1.87 bits per heavy atom. The Labute approximate surface area is 180 Å². The molecular formula is C22H38N2O6. The maximum Gasteiger partial charge on any atom is 0.333 e. The van der Waals surface area contributed by atoms with Crippen molar-refractivity contribution in [2.75, 3.05) is 39.5 Å². The Hall–Kier alpha value is -1.74. The van der Waals surface area contributed by atoms with E-state index in [4.69, 9.17) is 19.1 Å². The zero-order chi connectivity index (χ0) is 22.2. The second-order valence-corrected chi connectivity index (χ2v) is 7.83. The van der Waals surface area contributed by atoms with Crippen molar-refractivity contribution >= 4 is 11.9 Å². The van der Waals surface area contributed by atoms with E-state index in [-0.39, 0.29) is 12.6 Å².